The summed E-state index contributed by atoms with van der Waals surface area (Å²) in [6.45, 7) is 3.78. The molecule has 0 atom stereocenters. The minimum atomic E-state index is -0.0577. The van der Waals surface area contributed by atoms with E-state index in [0.29, 0.717) is 17.1 Å². The largest absolute Gasteiger partial charge is 0.481 e. The van der Waals surface area contributed by atoms with Crippen molar-refractivity contribution in [2.45, 2.75) is 13.8 Å². The second kappa shape index (κ2) is 5.65. The summed E-state index contributed by atoms with van der Waals surface area (Å²) in [6, 6.07) is 13.2. The normalized spacial score (nSPS) is 10.5. The van der Waals surface area contributed by atoms with E-state index in [-0.39, 0.29) is 11.7 Å². The van der Waals surface area contributed by atoms with E-state index in [0.717, 1.165) is 5.56 Å². The van der Waals surface area contributed by atoms with Gasteiger partial charge in [-0.05, 0) is 6.07 Å². The Labute approximate surface area is 113 Å². The van der Waals surface area contributed by atoms with Crippen LogP contribution in [-0.2, 0) is 0 Å². The van der Waals surface area contributed by atoms with Gasteiger partial charge in [-0.25, -0.2) is 4.98 Å². The lowest BCUT2D eigenvalue weighted by molar-refractivity contribution is 0.0939. The molecule has 0 aliphatic rings. The first-order valence-corrected chi connectivity index (χ1v) is 6.28. The first-order chi connectivity index (χ1) is 9.13. The molecule has 0 radical (unpaired) electrons. The maximum Gasteiger partial charge on any atom is 0.213 e. The number of benzene rings is 1. The van der Waals surface area contributed by atoms with Gasteiger partial charge in [0, 0.05) is 23.1 Å². The zero-order valence-corrected chi connectivity index (χ0v) is 11.4. The van der Waals surface area contributed by atoms with E-state index in [1.54, 1.807) is 19.2 Å². The summed E-state index contributed by atoms with van der Waals surface area (Å²) in [7, 11) is 1.57. The molecule has 3 heteroatoms. The smallest absolute Gasteiger partial charge is 0.213 e. The molecule has 0 saturated carbocycles. The summed E-state index contributed by atoms with van der Waals surface area (Å²) in [5, 5.41) is 0. The minimum absolute atomic E-state index is 0.0577. The molecule has 0 fully saturated rings. The van der Waals surface area contributed by atoms with Crippen LogP contribution in [0.5, 0.6) is 5.88 Å². The van der Waals surface area contributed by atoms with E-state index in [4.69, 9.17) is 4.74 Å². The van der Waals surface area contributed by atoms with Crippen molar-refractivity contribution in [3.8, 4) is 17.1 Å². The number of carbonyl (C=O) groups is 1. The second-order valence-corrected chi connectivity index (χ2v) is 4.63. The highest BCUT2D eigenvalue weighted by atomic mass is 16.5. The Morgan fingerprint density at radius 1 is 1.11 bits per heavy atom. The average molecular weight is 255 g/mol. The fourth-order valence-corrected chi connectivity index (χ4v) is 1.88. The van der Waals surface area contributed by atoms with E-state index >= 15 is 0 Å². The van der Waals surface area contributed by atoms with Gasteiger partial charge in [0.2, 0.25) is 5.88 Å². The number of carbonyl (C=O) groups excluding carboxylic acids is 1. The molecule has 1 aromatic carbocycles. The molecule has 0 bridgehead atoms. The molecule has 1 heterocycles. The van der Waals surface area contributed by atoms with Crippen LogP contribution in [0.1, 0.15) is 24.2 Å². The average Bonchev–Trinajstić information content (AvgIpc) is 2.46. The predicted molar refractivity (Wildman–Crippen MR) is 75.4 cm³/mol. The van der Waals surface area contributed by atoms with E-state index in [1.165, 1.54) is 0 Å². The lowest BCUT2D eigenvalue weighted by atomic mass is 9.96. The van der Waals surface area contributed by atoms with Crippen LogP contribution in [0.15, 0.2) is 42.5 Å². The minimum Gasteiger partial charge on any atom is -0.481 e. The topological polar surface area (TPSA) is 39.2 Å². The molecule has 0 saturated heterocycles. The van der Waals surface area contributed by atoms with Gasteiger partial charge in [0.1, 0.15) is 0 Å². The molecular formula is C16H17NO2. The van der Waals surface area contributed by atoms with E-state index in [1.807, 2.05) is 44.2 Å². The summed E-state index contributed by atoms with van der Waals surface area (Å²) < 4.78 is 5.15. The number of hydrogen-bond donors (Lipinski definition) is 0. The highest BCUT2D eigenvalue weighted by Crippen LogP contribution is 2.26. The van der Waals surface area contributed by atoms with Crippen molar-refractivity contribution in [3.63, 3.8) is 0 Å². The Hall–Kier alpha value is -2.16. The number of pyridine rings is 1. The molecule has 0 N–H and O–H groups in total. The van der Waals surface area contributed by atoms with Crippen LogP contribution >= 0.6 is 0 Å². The van der Waals surface area contributed by atoms with E-state index in [2.05, 4.69) is 4.98 Å². The van der Waals surface area contributed by atoms with Crippen molar-refractivity contribution in [2.75, 3.05) is 7.11 Å². The zero-order chi connectivity index (χ0) is 13.8. The third kappa shape index (κ3) is 2.81. The molecule has 0 aliphatic carbocycles. The van der Waals surface area contributed by atoms with E-state index in [9.17, 15) is 4.79 Å². The van der Waals surface area contributed by atoms with Crippen LogP contribution in [0.2, 0.25) is 0 Å². The lowest BCUT2D eigenvalue weighted by Crippen LogP contribution is -2.10. The fraction of sp³-hybridized carbons (Fsp3) is 0.250. The van der Waals surface area contributed by atoms with Gasteiger partial charge >= 0.3 is 0 Å². The van der Waals surface area contributed by atoms with Gasteiger partial charge in [-0.3, -0.25) is 4.79 Å². The molecule has 19 heavy (non-hydrogen) atoms. The van der Waals surface area contributed by atoms with Gasteiger partial charge in [-0.2, -0.15) is 0 Å². The van der Waals surface area contributed by atoms with Gasteiger partial charge in [0.15, 0.2) is 5.78 Å². The Morgan fingerprint density at radius 2 is 1.79 bits per heavy atom. The SMILES string of the molecule is COc1ccc(C(=O)C(C)C)c(-c2ccccc2)n1. The number of ether oxygens (including phenoxy) is 1. The molecule has 98 valence electrons. The first kappa shape index (κ1) is 13.3. The number of Topliss-reactive ketones (excluding diaryl/α,β-unsaturated/α-hetero) is 1. The monoisotopic (exact) mass is 255 g/mol. The third-order valence-corrected chi connectivity index (χ3v) is 2.92. The molecule has 3 nitrogen and oxygen atoms in total. The zero-order valence-electron chi connectivity index (χ0n) is 11.4. The van der Waals surface area contributed by atoms with Crippen LogP contribution in [0.25, 0.3) is 11.3 Å². The standard InChI is InChI=1S/C16H17NO2/c1-11(2)16(18)13-9-10-14(19-3)17-15(13)12-7-5-4-6-8-12/h4-11H,1-3H3. The quantitative estimate of drug-likeness (QED) is 0.784. The maximum atomic E-state index is 12.3. The Kier molecular flexibility index (Phi) is 3.95. The Morgan fingerprint density at radius 3 is 2.37 bits per heavy atom. The fourth-order valence-electron chi connectivity index (χ4n) is 1.88. The van der Waals surface area contributed by atoms with Crippen LogP contribution < -0.4 is 4.74 Å². The van der Waals surface area contributed by atoms with Crippen molar-refractivity contribution in [1.82, 2.24) is 4.98 Å². The van der Waals surface area contributed by atoms with Gasteiger partial charge in [-0.15, -0.1) is 0 Å². The van der Waals surface area contributed by atoms with Gasteiger partial charge in [0.25, 0.3) is 0 Å². The van der Waals surface area contributed by atoms with Gasteiger partial charge in [0.05, 0.1) is 12.8 Å². The Balaban J connectivity index is 2.58. The van der Waals surface area contributed by atoms with Gasteiger partial charge < -0.3 is 4.74 Å². The number of methoxy groups -OCH3 is 1. The first-order valence-electron chi connectivity index (χ1n) is 6.28. The van der Waals surface area contributed by atoms with Crippen LogP contribution in [0.4, 0.5) is 0 Å². The van der Waals surface area contributed by atoms with Crippen molar-refractivity contribution < 1.29 is 9.53 Å². The van der Waals surface area contributed by atoms with Crippen LogP contribution in [0.3, 0.4) is 0 Å². The van der Waals surface area contributed by atoms with E-state index < -0.39 is 0 Å². The van der Waals surface area contributed by atoms with Crippen molar-refractivity contribution in [3.05, 3.63) is 48.0 Å². The highest BCUT2D eigenvalue weighted by molar-refractivity contribution is 6.02. The van der Waals surface area contributed by atoms with Crippen molar-refractivity contribution >= 4 is 5.78 Å². The summed E-state index contributed by atoms with van der Waals surface area (Å²) >= 11 is 0. The maximum absolute atomic E-state index is 12.3. The molecule has 2 aromatic rings. The number of rotatable bonds is 4. The van der Waals surface area contributed by atoms with Crippen molar-refractivity contribution in [2.24, 2.45) is 5.92 Å². The predicted octanol–water partition coefficient (Wildman–Crippen LogP) is 3.60. The van der Waals surface area contributed by atoms with Gasteiger partial charge in [-0.1, -0.05) is 44.2 Å². The highest BCUT2D eigenvalue weighted by Gasteiger charge is 2.17. The van der Waals surface area contributed by atoms with Crippen LogP contribution in [-0.4, -0.2) is 17.9 Å². The summed E-state index contributed by atoms with van der Waals surface area (Å²) in [5.41, 5.74) is 2.24. The molecular weight excluding hydrogens is 238 g/mol. The number of aromatic nitrogens is 1. The Bertz CT molecular complexity index is 577. The molecule has 0 spiro atoms. The second-order valence-electron chi connectivity index (χ2n) is 4.63. The summed E-state index contributed by atoms with van der Waals surface area (Å²) in [6.07, 6.45) is 0. The molecule has 2 rings (SSSR count). The molecule has 1 aromatic heterocycles. The third-order valence-electron chi connectivity index (χ3n) is 2.92. The summed E-state index contributed by atoms with van der Waals surface area (Å²) in [5.74, 6) is 0.547. The number of nitrogens with zero attached hydrogens (tertiary/aromatic N) is 1. The molecule has 0 unspecified atom stereocenters. The lowest BCUT2D eigenvalue weighted by Gasteiger charge is -2.11. The molecule has 0 amide bonds. The number of ketones is 1. The summed E-state index contributed by atoms with van der Waals surface area (Å²) in [4.78, 5) is 16.7. The van der Waals surface area contributed by atoms with Crippen LogP contribution in [0, 0.1) is 5.92 Å². The molecule has 0 aliphatic heterocycles. The van der Waals surface area contributed by atoms with Crippen molar-refractivity contribution in [1.29, 1.82) is 0 Å². The number of hydrogen-bond acceptors (Lipinski definition) is 3.